The highest BCUT2D eigenvalue weighted by molar-refractivity contribution is 7.99. The van der Waals surface area contributed by atoms with Gasteiger partial charge < -0.3 is 0 Å². The van der Waals surface area contributed by atoms with Gasteiger partial charge in [0.1, 0.15) is 0 Å². The van der Waals surface area contributed by atoms with Crippen LogP contribution in [0.25, 0.3) is 90.3 Å². The first kappa shape index (κ1) is 32.7. The van der Waals surface area contributed by atoms with E-state index in [0.717, 1.165) is 50.5 Å². The predicted molar refractivity (Wildman–Crippen MR) is 227 cm³/mol. The summed E-state index contributed by atoms with van der Waals surface area (Å²) in [5.41, 5.74) is 13.5. The molecule has 1 aliphatic heterocycles. The van der Waals surface area contributed by atoms with Gasteiger partial charge in [0, 0.05) is 50.6 Å². The molecule has 10 rings (SSSR count). The summed E-state index contributed by atoms with van der Waals surface area (Å²) in [7, 11) is 0. The van der Waals surface area contributed by atoms with Crippen molar-refractivity contribution in [3.05, 3.63) is 194 Å². The normalized spacial score (nSPS) is 11.9. The Labute approximate surface area is 324 Å². The molecule has 258 valence electrons. The van der Waals surface area contributed by atoms with Gasteiger partial charge in [-0.3, -0.25) is 9.97 Å². The van der Waals surface area contributed by atoms with Gasteiger partial charge in [0.25, 0.3) is 0 Å². The van der Waals surface area contributed by atoms with E-state index in [4.69, 9.17) is 15.0 Å². The summed E-state index contributed by atoms with van der Waals surface area (Å²) in [4.78, 5) is 21.8. The summed E-state index contributed by atoms with van der Waals surface area (Å²) in [6, 6.07) is 57.7. The van der Waals surface area contributed by atoms with Crippen LogP contribution >= 0.6 is 11.8 Å². The molecule has 0 spiro atoms. The third kappa shape index (κ3) is 6.31. The minimum absolute atomic E-state index is 0.619. The molecule has 0 amide bonds. The third-order valence-corrected chi connectivity index (χ3v) is 11.3. The second-order valence-electron chi connectivity index (χ2n) is 13.5. The number of benzene rings is 6. The Balaban J connectivity index is 1.18. The fourth-order valence-electron chi connectivity index (χ4n) is 7.31. The van der Waals surface area contributed by atoms with Crippen molar-refractivity contribution in [3.63, 3.8) is 0 Å². The Morgan fingerprint density at radius 2 is 1.15 bits per heavy atom. The van der Waals surface area contributed by atoms with Crippen molar-refractivity contribution in [1.82, 2.24) is 19.9 Å². The van der Waals surface area contributed by atoms with Gasteiger partial charge in [-0.05, 0) is 86.6 Å². The van der Waals surface area contributed by atoms with E-state index in [2.05, 4.69) is 138 Å². The Morgan fingerprint density at radius 1 is 0.418 bits per heavy atom. The van der Waals surface area contributed by atoms with Gasteiger partial charge in [-0.15, -0.1) is 0 Å². The molecule has 0 unspecified atom stereocenters. The lowest BCUT2D eigenvalue weighted by Gasteiger charge is -2.18. The molecule has 0 N–H and O–H groups in total. The van der Waals surface area contributed by atoms with Crippen molar-refractivity contribution in [2.45, 2.75) is 9.79 Å². The minimum atomic E-state index is 0.619. The van der Waals surface area contributed by atoms with Crippen LogP contribution in [0.15, 0.2) is 192 Å². The first-order valence-corrected chi connectivity index (χ1v) is 19.1. The van der Waals surface area contributed by atoms with Crippen molar-refractivity contribution in [1.29, 1.82) is 0 Å². The monoisotopic (exact) mass is 720 g/mol. The standard InChI is InChI=1S/C50H32N4S/c1-2-13-36(14-3-1)46-30-47(54-50(53-46)39-25-27-45(52-32-39)38-15-10-28-51-31-38)37-23-22-35-21-20-33-11-4-6-16-40(33)42-18-8-9-19-48(42)55-49-41-17-7-5-12-34(41)24-26-43(49)44(35)29-37/h1-32H. The van der Waals surface area contributed by atoms with Gasteiger partial charge in [-0.1, -0.05) is 145 Å². The fourth-order valence-corrected chi connectivity index (χ4v) is 8.55. The second kappa shape index (κ2) is 14.1. The van der Waals surface area contributed by atoms with Crippen LogP contribution in [0, 0.1) is 0 Å². The van der Waals surface area contributed by atoms with Crippen LogP contribution in [-0.2, 0) is 0 Å². The van der Waals surface area contributed by atoms with Gasteiger partial charge in [0.05, 0.1) is 17.1 Å². The molecular weight excluding hydrogens is 689 g/mol. The Hall–Kier alpha value is -6.95. The summed E-state index contributed by atoms with van der Waals surface area (Å²) in [6.07, 6.45) is 9.95. The van der Waals surface area contributed by atoms with E-state index in [1.165, 1.54) is 42.8 Å². The molecule has 0 aliphatic carbocycles. The summed E-state index contributed by atoms with van der Waals surface area (Å²) in [5.74, 6) is 0.619. The average Bonchev–Trinajstić information content (AvgIpc) is 3.28. The smallest absolute Gasteiger partial charge is 0.161 e. The van der Waals surface area contributed by atoms with Crippen LogP contribution in [0.2, 0.25) is 0 Å². The molecular formula is C50H32N4S. The Bertz CT molecular complexity index is 2890. The average molecular weight is 721 g/mol. The van der Waals surface area contributed by atoms with E-state index in [0.29, 0.717) is 5.82 Å². The van der Waals surface area contributed by atoms with Crippen molar-refractivity contribution in [2.24, 2.45) is 0 Å². The molecule has 0 bridgehead atoms. The van der Waals surface area contributed by atoms with Crippen LogP contribution in [-0.4, -0.2) is 19.9 Å². The molecule has 0 radical (unpaired) electrons. The number of rotatable bonds is 4. The number of pyridine rings is 2. The van der Waals surface area contributed by atoms with Crippen molar-refractivity contribution in [3.8, 4) is 67.4 Å². The highest BCUT2D eigenvalue weighted by atomic mass is 32.2. The predicted octanol–water partition coefficient (Wildman–Crippen LogP) is 13.1. The highest BCUT2D eigenvalue weighted by Gasteiger charge is 2.19. The van der Waals surface area contributed by atoms with Crippen LogP contribution in [0.4, 0.5) is 0 Å². The van der Waals surface area contributed by atoms with Gasteiger partial charge >= 0.3 is 0 Å². The Kier molecular flexibility index (Phi) is 8.39. The van der Waals surface area contributed by atoms with Crippen molar-refractivity contribution < 1.29 is 0 Å². The Morgan fingerprint density at radius 3 is 1.98 bits per heavy atom. The first-order valence-electron chi connectivity index (χ1n) is 18.3. The number of hydrogen-bond donors (Lipinski definition) is 0. The molecule has 4 nitrogen and oxygen atoms in total. The molecule has 1 aliphatic rings. The summed E-state index contributed by atoms with van der Waals surface area (Å²) in [6.45, 7) is 0. The molecule has 6 aromatic carbocycles. The van der Waals surface area contributed by atoms with Crippen LogP contribution in [0.1, 0.15) is 11.1 Å². The van der Waals surface area contributed by atoms with Crippen molar-refractivity contribution >= 4 is 34.7 Å². The van der Waals surface area contributed by atoms with Crippen LogP contribution < -0.4 is 0 Å². The van der Waals surface area contributed by atoms with E-state index in [1.807, 2.05) is 66.6 Å². The highest BCUT2D eigenvalue weighted by Crippen LogP contribution is 2.47. The zero-order chi connectivity index (χ0) is 36.6. The molecule has 0 fully saturated rings. The lowest BCUT2D eigenvalue weighted by atomic mass is 9.93. The largest absolute Gasteiger partial charge is 0.264 e. The van der Waals surface area contributed by atoms with Gasteiger partial charge in [0.2, 0.25) is 0 Å². The van der Waals surface area contributed by atoms with E-state index in [1.54, 1.807) is 6.20 Å². The topological polar surface area (TPSA) is 51.6 Å². The van der Waals surface area contributed by atoms with Gasteiger partial charge in [-0.25, -0.2) is 9.97 Å². The molecule has 0 saturated carbocycles. The molecule has 0 saturated heterocycles. The zero-order valence-corrected chi connectivity index (χ0v) is 30.5. The maximum atomic E-state index is 5.22. The van der Waals surface area contributed by atoms with E-state index >= 15 is 0 Å². The van der Waals surface area contributed by atoms with Crippen LogP contribution in [0.3, 0.4) is 0 Å². The van der Waals surface area contributed by atoms with Gasteiger partial charge in [-0.2, -0.15) is 0 Å². The summed E-state index contributed by atoms with van der Waals surface area (Å²) in [5, 5.41) is 2.44. The van der Waals surface area contributed by atoms with E-state index in [-0.39, 0.29) is 0 Å². The van der Waals surface area contributed by atoms with Crippen LogP contribution in [0.5, 0.6) is 0 Å². The molecule has 0 atom stereocenters. The minimum Gasteiger partial charge on any atom is -0.264 e. The molecule has 55 heavy (non-hydrogen) atoms. The van der Waals surface area contributed by atoms with Gasteiger partial charge in [0.15, 0.2) is 5.82 Å². The number of fused-ring (bicyclic) bond motifs is 8. The molecule has 9 aromatic rings. The quantitative estimate of drug-likeness (QED) is 0.181. The lowest BCUT2D eigenvalue weighted by Crippen LogP contribution is -1.97. The SMILES string of the molecule is C1=Cc2ccc(-c3cc(-c4ccccc4)nc(-c4ccc(-c5cccnc5)nc4)n3)cc2-c2ccc3ccccc3c2Sc2ccccc2-c2ccccc21. The fraction of sp³-hybridized carbons (Fsp3) is 0. The molecule has 5 heteroatoms. The number of nitrogens with zero attached hydrogens (tertiary/aromatic N) is 4. The maximum Gasteiger partial charge on any atom is 0.161 e. The number of hydrogen-bond acceptors (Lipinski definition) is 5. The third-order valence-electron chi connectivity index (χ3n) is 10.1. The van der Waals surface area contributed by atoms with E-state index < -0.39 is 0 Å². The maximum absolute atomic E-state index is 5.22. The lowest BCUT2D eigenvalue weighted by molar-refractivity contribution is 1.17. The number of aromatic nitrogens is 4. The zero-order valence-electron chi connectivity index (χ0n) is 29.7. The molecule has 3 aromatic heterocycles. The first-order chi connectivity index (χ1) is 27.2. The summed E-state index contributed by atoms with van der Waals surface area (Å²) < 4.78 is 0. The van der Waals surface area contributed by atoms with Crippen molar-refractivity contribution in [2.75, 3.05) is 0 Å². The summed E-state index contributed by atoms with van der Waals surface area (Å²) >= 11 is 1.84. The molecule has 4 heterocycles. The van der Waals surface area contributed by atoms with E-state index in [9.17, 15) is 0 Å². The second-order valence-corrected chi connectivity index (χ2v) is 14.5.